The van der Waals surface area contributed by atoms with E-state index >= 15 is 0 Å². The highest BCUT2D eigenvalue weighted by Gasteiger charge is 2.18. The van der Waals surface area contributed by atoms with Crippen molar-refractivity contribution >= 4 is 67.2 Å². The minimum absolute atomic E-state index is 0.984. The van der Waals surface area contributed by atoms with Crippen LogP contribution in [0.1, 0.15) is 75.0 Å². The van der Waals surface area contributed by atoms with E-state index in [4.69, 9.17) is 9.97 Å². The van der Waals surface area contributed by atoms with Crippen molar-refractivity contribution in [3.05, 3.63) is 143 Å². The maximum atomic E-state index is 5.42. The van der Waals surface area contributed by atoms with Gasteiger partial charge < -0.3 is 0 Å². The molecule has 3 aromatic carbocycles. The highest BCUT2D eigenvalue weighted by molar-refractivity contribution is 7.24. The van der Waals surface area contributed by atoms with Gasteiger partial charge in [-0.2, -0.15) is 0 Å². The average molecular weight is 829 g/mol. The Bertz CT molecular complexity index is 2580. The van der Waals surface area contributed by atoms with Crippen LogP contribution in [0.2, 0.25) is 0 Å². The van der Waals surface area contributed by atoms with E-state index < -0.39 is 0 Å². The van der Waals surface area contributed by atoms with Crippen LogP contribution in [0.3, 0.4) is 0 Å². The molecule has 9 rings (SSSR count). The van der Waals surface area contributed by atoms with E-state index in [1.807, 2.05) is 45.3 Å². The first-order valence-corrected chi connectivity index (χ1v) is 24.2. The van der Waals surface area contributed by atoms with Crippen molar-refractivity contribution in [1.82, 2.24) is 9.97 Å². The Kier molecular flexibility index (Phi) is 12.1. The van der Waals surface area contributed by atoms with Crippen molar-refractivity contribution in [1.29, 1.82) is 0 Å². The fraction of sp³-hybridized carbons (Fsp3) is 0.231. The second kappa shape index (κ2) is 18.0. The number of rotatable bonds is 16. The molecule has 0 spiro atoms. The first-order chi connectivity index (χ1) is 28.6. The average Bonchev–Trinajstić information content (AvgIpc) is 4.11. The summed E-state index contributed by atoms with van der Waals surface area (Å²) in [5.41, 5.74) is 8.70. The van der Waals surface area contributed by atoms with Gasteiger partial charge in [0.05, 0.1) is 32.2 Å². The summed E-state index contributed by atoms with van der Waals surface area (Å²) in [7, 11) is 0. The Hall–Kier alpha value is -4.72. The topological polar surface area (TPSA) is 25.8 Å². The molecule has 0 N–H and O–H groups in total. The quantitative estimate of drug-likeness (QED) is 0.0716. The molecule has 58 heavy (non-hydrogen) atoms. The second-order valence-corrected chi connectivity index (χ2v) is 19.7. The van der Waals surface area contributed by atoms with Gasteiger partial charge in [0.1, 0.15) is 0 Å². The fourth-order valence-electron chi connectivity index (χ4n) is 7.87. The summed E-state index contributed by atoms with van der Waals surface area (Å²) in [5, 5.41) is 2.23. The van der Waals surface area contributed by atoms with E-state index in [0.29, 0.717) is 0 Å². The maximum absolute atomic E-state index is 5.42. The zero-order valence-corrected chi connectivity index (χ0v) is 36.6. The van der Waals surface area contributed by atoms with Gasteiger partial charge in [-0.25, -0.2) is 9.97 Å². The highest BCUT2D eigenvalue weighted by atomic mass is 32.1. The van der Waals surface area contributed by atoms with Gasteiger partial charge in [-0.15, -0.1) is 45.3 Å². The summed E-state index contributed by atoms with van der Waals surface area (Å²) in [6, 6.07) is 49.0. The molecule has 6 aromatic heterocycles. The lowest BCUT2D eigenvalue weighted by atomic mass is 9.95. The molecule has 0 radical (unpaired) electrons. The third kappa shape index (κ3) is 8.53. The molecule has 0 aliphatic carbocycles. The zero-order valence-electron chi connectivity index (χ0n) is 33.3. The minimum atomic E-state index is 0.984. The Morgan fingerprint density at radius 2 is 0.776 bits per heavy atom. The highest BCUT2D eigenvalue weighted by Crippen LogP contribution is 2.43. The summed E-state index contributed by atoms with van der Waals surface area (Å²) in [5.74, 6) is 0. The number of benzene rings is 3. The molecule has 290 valence electrons. The van der Waals surface area contributed by atoms with Crippen LogP contribution in [0, 0.1) is 0 Å². The van der Waals surface area contributed by atoms with E-state index in [0.717, 1.165) is 33.2 Å². The molecule has 6 heteroatoms. The van der Waals surface area contributed by atoms with Crippen molar-refractivity contribution in [2.45, 2.75) is 78.1 Å². The van der Waals surface area contributed by atoms with Crippen LogP contribution in [-0.4, -0.2) is 9.97 Å². The smallest absolute Gasteiger partial charge is 0.0815 e. The number of aryl methyl sites for hydroxylation is 2. The summed E-state index contributed by atoms with van der Waals surface area (Å²) in [6.45, 7) is 4.55. The number of hydrogen-bond acceptors (Lipinski definition) is 6. The molecule has 0 fully saturated rings. The molecule has 0 bridgehead atoms. The molecule has 2 nitrogen and oxygen atoms in total. The number of hydrogen-bond donors (Lipinski definition) is 0. The van der Waals surface area contributed by atoms with Gasteiger partial charge in [0.15, 0.2) is 0 Å². The van der Waals surface area contributed by atoms with Crippen LogP contribution in [0.4, 0.5) is 0 Å². The predicted molar refractivity (Wildman–Crippen MR) is 257 cm³/mol. The van der Waals surface area contributed by atoms with Crippen LogP contribution in [-0.2, 0) is 12.8 Å². The Balaban J connectivity index is 1.11. The summed E-state index contributed by atoms with van der Waals surface area (Å²) < 4.78 is 0. The first-order valence-electron chi connectivity index (χ1n) is 20.9. The number of fused-ring (bicyclic) bond motifs is 2. The molecule has 0 aliphatic heterocycles. The first kappa shape index (κ1) is 38.8. The molecule has 6 heterocycles. The number of aromatic nitrogens is 2. The molecule has 0 saturated carbocycles. The van der Waals surface area contributed by atoms with Crippen LogP contribution in [0.15, 0.2) is 133 Å². The molecular weight excluding hydrogens is 781 g/mol. The van der Waals surface area contributed by atoms with E-state index in [1.54, 1.807) is 0 Å². The van der Waals surface area contributed by atoms with Crippen molar-refractivity contribution in [3.8, 4) is 62.9 Å². The van der Waals surface area contributed by atoms with Gasteiger partial charge in [0.2, 0.25) is 0 Å². The van der Waals surface area contributed by atoms with Gasteiger partial charge in [-0.05, 0) is 121 Å². The zero-order chi connectivity index (χ0) is 39.3. The minimum Gasteiger partial charge on any atom is -0.247 e. The lowest BCUT2D eigenvalue weighted by molar-refractivity contribution is 0.670. The number of pyridine rings is 2. The summed E-state index contributed by atoms with van der Waals surface area (Å²) >= 11 is 7.58. The number of nitrogens with zero attached hydrogens (tertiary/aromatic N) is 2. The molecule has 0 unspecified atom stereocenters. The molecule has 0 saturated heterocycles. The molecule has 0 atom stereocenters. The second-order valence-electron chi connectivity index (χ2n) is 15.2. The van der Waals surface area contributed by atoms with Crippen molar-refractivity contribution in [3.63, 3.8) is 0 Å². The van der Waals surface area contributed by atoms with Gasteiger partial charge in [-0.1, -0.05) is 113 Å². The van der Waals surface area contributed by atoms with Crippen LogP contribution < -0.4 is 0 Å². The standard InChI is InChI=1S/C52H48N2S4/c1-3-5-7-15-21-37-23-25-49(55-37)51-29-27-47(57-51)45-31-39(35-17-11-9-12-18-35)41-34-44-42(33-43(41)53-45)40(36-19-13-10-14-20-36)32-46(54-44)48-28-30-52(58-48)50-26-24-38(56-50)22-16-8-6-4-2/h9-14,17-20,23-34H,3-8,15-16,21-22H2,1-2H3. The van der Waals surface area contributed by atoms with Crippen LogP contribution >= 0.6 is 45.3 Å². The van der Waals surface area contributed by atoms with Gasteiger partial charge in [0, 0.05) is 40.0 Å². The lowest BCUT2D eigenvalue weighted by Gasteiger charge is -2.14. The third-order valence-corrected chi connectivity index (χ3v) is 15.9. The fourth-order valence-corrected chi connectivity index (χ4v) is 12.1. The Morgan fingerprint density at radius 3 is 1.21 bits per heavy atom. The summed E-state index contributed by atoms with van der Waals surface area (Å²) in [6.07, 6.45) is 12.7. The monoisotopic (exact) mass is 828 g/mol. The van der Waals surface area contributed by atoms with Gasteiger partial charge in [0.25, 0.3) is 0 Å². The number of unbranched alkanes of at least 4 members (excludes halogenated alkanes) is 6. The molecule has 0 aliphatic rings. The Morgan fingerprint density at radius 1 is 0.379 bits per heavy atom. The largest absolute Gasteiger partial charge is 0.247 e. The molecule has 9 aromatic rings. The van der Waals surface area contributed by atoms with Crippen molar-refractivity contribution in [2.75, 3.05) is 0 Å². The SMILES string of the molecule is CCCCCCc1ccc(-c2ccc(-c3cc(-c4ccccc4)c4cc5nc(-c6ccc(-c7ccc(CCCCCC)s7)s6)cc(-c6ccccc6)c5cc4n3)s2)s1. The number of thiophene rings is 4. The Labute approximate surface area is 359 Å². The molecular formula is C52H48N2S4. The van der Waals surface area contributed by atoms with Gasteiger partial charge >= 0.3 is 0 Å². The van der Waals surface area contributed by atoms with E-state index in [2.05, 4.69) is 147 Å². The molecule has 0 amide bonds. The van der Waals surface area contributed by atoms with E-state index in [-0.39, 0.29) is 0 Å². The van der Waals surface area contributed by atoms with E-state index in [9.17, 15) is 0 Å². The normalized spacial score (nSPS) is 11.6. The van der Waals surface area contributed by atoms with Crippen LogP contribution in [0.25, 0.3) is 84.7 Å². The van der Waals surface area contributed by atoms with Crippen molar-refractivity contribution in [2.24, 2.45) is 0 Å². The van der Waals surface area contributed by atoms with Gasteiger partial charge in [-0.3, -0.25) is 0 Å². The summed E-state index contributed by atoms with van der Waals surface area (Å²) in [4.78, 5) is 21.5. The van der Waals surface area contributed by atoms with Crippen LogP contribution in [0.5, 0.6) is 0 Å². The van der Waals surface area contributed by atoms with E-state index in [1.165, 1.54) is 125 Å². The van der Waals surface area contributed by atoms with Crippen molar-refractivity contribution < 1.29 is 0 Å². The predicted octanol–water partition coefficient (Wildman–Crippen LogP) is 17.3. The lowest BCUT2D eigenvalue weighted by Crippen LogP contribution is -1.93. The third-order valence-electron chi connectivity index (χ3n) is 11.0. The maximum Gasteiger partial charge on any atom is 0.0815 e.